The summed E-state index contributed by atoms with van der Waals surface area (Å²) in [6.07, 6.45) is 0. The van der Waals surface area contributed by atoms with Crippen LogP contribution in [0.1, 0.15) is 24.1 Å². The van der Waals surface area contributed by atoms with Crippen LogP contribution in [-0.4, -0.2) is 32.7 Å². The highest BCUT2D eigenvalue weighted by Crippen LogP contribution is 2.13. The maximum atomic E-state index is 11.5. The van der Waals surface area contributed by atoms with Crippen LogP contribution >= 0.6 is 0 Å². The van der Waals surface area contributed by atoms with Crippen LogP contribution in [-0.2, 0) is 9.53 Å². The van der Waals surface area contributed by atoms with Gasteiger partial charge in [-0.15, -0.1) is 0 Å². The molecular formula is C14H19N3O2. The summed E-state index contributed by atoms with van der Waals surface area (Å²) >= 11 is 0. The van der Waals surface area contributed by atoms with Crippen LogP contribution in [0.3, 0.4) is 0 Å². The number of amides is 1. The third kappa shape index (κ3) is 5.51. The molecule has 2 N–H and O–H groups in total. The second-order valence-electron chi connectivity index (χ2n) is 4.18. The Labute approximate surface area is 113 Å². The lowest BCUT2D eigenvalue weighted by Gasteiger charge is -2.14. The molecule has 0 saturated carbocycles. The number of nitrogens with one attached hydrogen (secondary N) is 2. The van der Waals surface area contributed by atoms with E-state index in [1.54, 1.807) is 13.2 Å². The number of nitrogens with zero attached hydrogens (tertiary/aromatic N) is 1. The van der Waals surface area contributed by atoms with Crippen LogP contribution in [0.2, 0.25) is 0 Å². The number of hydrogen-bond acceptors (Lipinski definition) is 4. The van der Waals surface area contributed by atoms with E-state index in [0.29, 0.717) is 18.7 Å². The lowest BCUT2D eigenvalue weighted by Crippen LogP contribution is -2.36. The lowest BCUT2D eigenvalue weighted by molar-refractivity contribution is -0.120. The molecule has 5 nitrogen and oxygen atoms in total. The summed E-state index contributed by atoms with van der Waals surface area (Å²) in [5.74, 6) is -0.0691. The molecule has 1 amide bonds. The van der Waals surface area contributed by atoms with E-state index in [0.717, 1.165) is 5.56 Å². The molecule has 0 bridgehead atoms. The van der Waals surface area contributed by atoms with E-state index in [-0.39, 0.29) is 18.5 Å². The van der Waals surface area contributed by atoms with E-state index in [2.05, 4.69) is 16.7 Å². The first-order chi connectivity index (χ1) is 9.17. The van der Waals surface area contributed by atoms with E-state index < -0.39 is 0 Å². The van der Waals surface area contributed by atoms with Gasteiger partial charge >= 0.3 is 0 Å². The van der Waals surface area contributed by atoms with Gasteiger partial charge in [0.05, 0.1) is 24.8 Å². The molecule has 0 aliphatic carbocycles. The Hall–Kier alpha value is -1.90. The summed E-state index contributed by atoms with van der Waals surface area (Å²) in [5.41, 5.74) is 1.61. The smallest absolute Gasteiger partial charge is 0.234 e. The molecule has 0 heterocycles. The number of nitriles is 1. The van der Waals surface area contributed by atoms with Gasteiger partial charge in [-0.1, -0.05) is 12.1 Å². The van der Waals surface area contributed by atoms with Gasteiger partial charge in [-0.25, -0.2) is 0 Å². The van der Waals surface area contributed by atoms with Crippen molar-refractivity contribution in [3.8, 4) is 6.07 Å². The third-order valence-electron chi connectivity index (χ3n) is 2.71. The number of carbonyl (C=O) groups excluding carboxylic acids is 1. The number of carbonyl (C=O) groups is 1. The van der Waals surface area contributed by atoms with Crippen molar-refractivity contribution in [2.45, 2.75) is 13.0 Å². The zero-order chi connectivity index (χ0) is 14.1. The maximum absolute atomic E-state index is 11.5. The van der Waals surface area contributed by atoms with Crippen molar-refractivity contribution in [2.75, 3.05) is 26.8 Å². The van der Waals surface area contributed by atoms with Crippen molar-refractivity contribution in [3.63, 3.8) is 0 Å². The number of ether oxygens (including phenoxy) is 1. The molecule has 1 unspecified atom stereocenters. The van der Waals surface area contributed by atoms with Crippen molar-refractivity contribution in [1.82, 2.24) is 10.6 Å². The van der Waals surface area contributed by atoms with Gasteiger partial charge in [-0.2, -0.15) is 5.26 Å². The Balaban J connectivity index is 2.40. The summed E-state index contributed by atoms with van der Waals surface area (Å²) in [6.45, 7) is 3.21. The Bertz CT molecular complexity index is 454. The second-order valence-corrected chi connectivity index (χ2v) is 4.18. The first kappa shape index (κ1) is 15.2. The first-order valence-electron chi connectivity index (χ1n) is 6.16. The minimum atomic E-state index is -0.0691. The van der Waals surface area contributed by atoms with Gasteiger partial charge in [-0.05, 0) is 24.6 Å². The Kier molecular flexibility index (Phi) is 6.58. The zero-order valence-electron chi connectivity index (χ0n) is 11.3. The van der Waals surface area contributed by atoms with E-state index in [1.807, 2.05) is 25.1 Å². The number of benzene rings is 1. The largest absolute Gasteiger partial charge is 0.383 e. The summed E-state index contributed by atoms with van der Waals surface area (Å²) in [5, 5.41) is 14.7. The van der Waals surface area contributed by atoms with Crippen LogP contribution in [0.4, 0.5) is 0 Å². The van der Waals surface area contributed by atoms with Crippen molar-refractivity contribution in [1.29, 1.82) is 5.26 Å². The molecule has 1 atom stereocenters. The van der Waals surface area contributed by atoms with Gasteiger partial charge in [0.25, 0.3) is 0 Å². The van der Waals surface area contributed by atoms with E-state index in [4.69, 9.17) is 10.00 Å². The maximum Gasteiger partial charge on any atom is 0.234 e. The predicted molar refractivity (Wildman–Crippen MR) is 72.5 cm³/mol. The van der Waals surface area contributed by atoms with E-state index >= 15 is 0 Å². The van der Waals surface area contributed by atoms with Gasteiger partial charge in [0.1, 0.15) is 0 Å². The second kappa shape index (κ2) is 8.25. The molecule has 102 valence electrons. The van der Waals surface area contributed by atoms with Crippen LogP contribution in [0.25, 0.3) is 0 Å². The molecule has 1 rings (SSSR count). The molecule has 5 heteroatoms. The Morgan fingerprint density at radius 3 is 3.00 bits per heavy atom. The van der Waals surface area contributed by atoms with E-state index in [1.165, 1.54) is 0 Å². The monoisotopic (exact) mass is 261 g/mol. The average Bonchev–Trinajstić information content (AvgIpc) is 2.45. The summed E-state index contributed by atoms with van der Waals surface area (Å²) < 4.78 is 4.85. The fourth-order valence-electron chi connectivity index (χ4n) is 1.60. The summed E-state index contributed by atoms with van der Waals surface area (Å²) in [7, 11) is 1.59. The summed E-state index contributed by atoms with van der Waals surface area (Å²) in [6, 6.07) is 9.46. The van der Waals surface area contributed by atoms with Gasteiger partial charge in [0, 0.05) is 19.7 Å². The van der Waals surface area contributed by atoms with Gasteiger partial charge in [-0.3, -0.25) is 4.79 Å². The van der Waals surface area contributed by atoms with Crippen LogP contribution in [0, 0.1) is 11.3 Å². The van der Waals surface area contributed by atoms with Gasteiger partial charge in [0.15, 0.2) is 0 Å². The van der Waals surface area contributed by atoms with Crippen molar-refractivity contribution in [2.24, 2.45) is 0 Å². The molecule has 0 spiro atoms. The van der Waals surface area contributed by atoms with Gasteiger partial charge in [0.2, 0.25) is 5.91 Å². The van der Waals surface area contributed by atoms with E-state index in [9.17, 15) is 4.79 Å². The molecule has 0 fully saturated rings. The van der Waals surface area contributed by atoms with Crippen molar-refractivity contribution in [3.05, 3.63) is 35.4 Å². The quantitative estimate of drug-likeness (QED) is 0.717. The molecule has 19 heavy (non-hydrogen) atoms. The van der Waals surface area contributed by atoms with Crippen molar-refractivity contribution < 1.29 is 9.53 Å². The van der Waals surface area contributed by atoms with Crippen LogP contribution in [0.5, 0.6) is 0 Å². The normalized spacial score (nSPS) is 11.6. The predicted octanol–water partition coefficient (Wildman–Crippen LogP) is 0.971. The van der Waals surface area contributed by atoms with Crippen LogP contribution in [0.15, 0.2) is 24.3 Å². The summed E-state index contributed by atoms with van der Waals surface area (Å²) in [4.78, 5) is 11.5. The molecule has 0 saturated heterocycles. The highest BCUT2D eigenvalue weighted by atomic mass is 16.5. The molecule has 0 aromatic heterocycles. The number of methoxy groups -OCH3 is 1. The fourth-order valence-corrected chi connectivity index (χ4v) is 1.60. The van der Waals surface area contributed by atoms with Gasteiger partial charge < -0.3 is 15.4 Å². The van der Waals surface area contributed by atoms with Crippen molar-refractivity contribution >= 4 is 5.91 Å². The Morgan fingerprint density at radius 1 is 1.53 bits per heavy atom. The zero-order valence-corrected chi connectivity index (χ0v) is 11.3. The lowest BCUT2D eigenvalue weighted by atomic mass is 10.1. The molecule has 0 aliphatic heterocycles. The fraction of sp³-hybridized carbons (Fsp3) is 0.429. The SMILES string of the molecule is COCCNC(=O)CNC(C)c1cccc(C#N)c1. The molecule has 0 aliphatic rings. The van der Waals surface area contributed by atoms with Crippen LogP contribution < -0.4 is 10.6 Å². The molecule has 1 aromatic carbocycles. The number of hydrogen-bond donors (Lipinski definition) is 2. The highest BCUT2D eigenvalue weighted by molar-refractivity contribution is 5.78. The topological polar surface area (TPSA) is 74.2 Å². The highest BCUT2D eigenvalue weighted by Gasteiger charge is 2.07. The standard InChI is InChI=1S/C14H19N3O2/c1-11(13-5-3-4-12(8-13)9-15)17-10-14(18)16-6-7-19-2/h3-5,8,11,17H,6-7,10H2,1-2H3,(H,16,18). The molecule has 0 radical (unpaired) electrons. The molecule has 1 aromatic rings. The average molecular weight is 261 g/mol. The number of rotatable bonds is 7. The third-order valence-corrected chi connectivity index (χ3v) is 2.71. The first-order valence-corrected chi connectivity index (χ1v) is 6.16. The minimum Gasteiger partial charge on any atom is -0.383 e. The minimum absolute atomic E-state index is 0.0153. The Morgan fingerprint density at radius 2 is 2.32 bits per heavy atom. The molecular weight excluding hydrogens is 242 g/mol.